The number of aryl methyl sites for hydroxylation is 1. The second kappa shape index (κ2) is 7.74. The van der Waals surface area contributed by atoms with Gasteiger partial charge in [0.1, 0.15) is 5.82 Å². The van der Waals surface area contributed by atoms with Gasteiger partial charge in [0, 0.05) is 17.6 Å². The number of fused-ring (bicyclic) bond motifs is 1. The van der Waals surface area contributed by atoms with E-state index in [4.69, 9.17) is 9.26 Å². The van der Waals surface area contributed by atoms with Crippen molar-refractivity contribution in [3.05, 3.63) is 35.5 Å². The number of ether oxygens (including phenoxy) is 1. The summed E-state index contributed by atoms with van der Waals surface area (Å²) in [7, 11) is 0. The molecule has 0 radical (unpaired) electrons. The van der Waals surface area contributed by atoms with Gasteiger partial charge in [-0.2, -0.15) is 4.98 Å². The number of rotatable bonds is 5. The standard InChI is InChI=1S/C19H23FN4O3/c1-11-6-7-12(8-14(11)20)19-21-17(27-24-19)10-26-18(25)9-16-13-4-2-3-5-15(13)22-23-16/h6-8,13,15-16,22-23H,2-5,9-10H2,1H3. The second-order valence-electron chi connectivity index (χ2n) is 7.29. The lowest BCUT2D eigenvalue weighted by Gasteiger charge is -2.26. The maximum absolute atomic E-state index is 13.7. The minimum Gasteiger partial charge on any atom is -0.456 e. The highest BCUT2D eigenvalue weighted by Crippen LogP contribution is 2.31. The topological polar surface area (TPSA) is 89.3 Å². The van der Waals surface area contributed by atoms with Crippen molar-refractivity contribution in [1.29, 1.82) is 0 Å². The molecule has 2 aromatic rings. The van der Waals surface area contributed by atoms with E-state index in [0.29, 0.717) is 29.5 Å². The number of hydrogen-bond acceptors (Lipinski definition) is 7. The van der Waals surface area contributed by atoms with E-state index in [1.54, 1.807) is 19.1 Å². The van der Waals surface area contributed by atoms with E-state index in [2.05, 4.69) is 21.0 Å². The van der Waals surface area contributed by atoms with Gasteiger partial charge in [0.2, 0.25) is 5.82 Å². The summed E-state index contributed by atoms with van der Waals surface area (Å²) in [5.74, 6) is 0.294. The number of esters is 1. The van der Waals surface area contributed by atoms with Gasteiger partial charge in [0.15, 0.2) is 6.61 Å². The van der Waals surface area contributed by atoms with Crippen molar-refractivity contribution >= 4 is 5.97 Å². The number of aromatic nitrogens is 2. The smallest absolute Gasteiger partial charge is 0.307 e. The Morgan fingerprint density at radius 1 is 1.33 bits per heavy atom. The minimum atomic E-state index is -0.330. The highest BCUT2D eigenvalue weighted by molar-refractivity contribution is 5.70. The van der Waals surface area contributed by atoms with Crippen molar-refractivity contribution in [3.8, 4) is 11.4 Å². The Bertz CT molecular complexity index is 825. The van der Waals surface area contributed by atoms with Gasteiger partial charge in [-0.25, -0.2) is 4.39 Å². The van der Waals surface area contributed by atoms with Crippen LogP contribution in [0.15, 0.2) is 22.7 Å². The predicted molar refractivity (Wildman–Crippen MR) is 94.6 cm³/mol. The highest BCUT2D eigenvalue weighted by atomic mass is 19.1. The van der Waals surface area contributed by atoms with Gasteiger partial charge in [0.05, 0.1) is 6.42 Å². The quantitative estimate of drug-likeness (QED) is 0.778. The first kappa shape index (κ1) is 18.1. The molecule has 0 amide bonds. The molecule has 2 aliphatic rings. The number of nitrogens with zero attached hydrogens (tertiary/aromatic N) is 2. The fourth-order valence-electron chi connectivity index (χ4n) is 3.89. The second-order valence-corrected chi connectivity index (χ2v) is 7.29. The molecule has 8 heteroatoms. The summed E-state index contributed by atoms with van der Waals surface area (Å²) in [5.41, 5.74) is 7.58. The predicted octanol–water partition coefficient (Wildman–Crippen LogP) is 2.65. The first-order valence-electron chi connectivity index (χ1n) is 9.36. The monoisotopic (exact) mass is 374 g/mol. The number of carbonyl (C=O) groups is 1. The highest BCUT2D eigenvalue weighted by Gasteiger charge is 2.38. The summed E-state index contributed by atoms with van der Waals surface area (Å²) in [6, 6.07) is 5.27. The van der Waals surface area contributed by atoms with Gasteiger partial charge in [-0.1, -0.05) is 30.1 Å². The zero-order chi connectivity index (χ0) is 18.8. The first-order chi connectivity index (χ1) is 13.1. The average molecular weight is 374 g/mol. The molecule has 1 aromatic carbocycles. The summed E-state index contributed by atoms with van der Waals surface area (Å²) in [5, 5.41) is 3.83. The minimum absolute atomic E-state index is 0.0889. The number of halogens is 1. The van der Waals surface area contributed by atoms with Crippen LogP contribution in [-0.2, 0) is 16.1 Å². The van der Waals surface area contributed by atoms with E-state index in [1.165, 1.54) is 18.9 Å². The maximum Gasteiger partial charge on any atom is 0.307 e. The molecule has 2 heterocycles. The van der Waals surface area contributed by atoms with Crippen LogP contribution in [0.1, 0.15) is 43.6 Å². The van der Waals surface area contributed by atoms with Crippen LogP contribution in [0, 0.1) is 18.7 Å². The fraction of sp³-hybridized carbons (Fsp3) is 0.526. The number of benzene rings is 1. The van der Waals surface area contributed by atoms with E-state index >= 15 is 0 Å². The van der Waals surface area contributed by atoms with Crippen LogP contribution in [0.3, 0.4) is 0 Å². The van der Waals surface area contributed by atoms with Gasteiger partial charge in [-0.15, -0.1) is 0 Å². The zero-order valence-electron chi connectivity index (χ0n) is 15.2. The molecule has 2 fully saturated rings. The lowest BCUT2D eigenvalue weighted by Crippen LogP contribution is -2.34. The Labute approximate surface area is 156 Å². The molecular weight excluding hydrogens is 351 g/mol. The maximum atomic E-state index is 13.7. The van der Waals surface area contributed by atoms with Crippen LogP contribution in [0.25, 0.3) is 11.4 Å². The molecule has 0 bridgehead atoms. The molecule has 0 spiro atoms. The van der Waals surface area contributed by atoms with Crippen molar-refractivity contribution in [1.82, 2.24) is 21.0 Å². The molecule has 1 aromatic heterocycles. The molecule has 2 N–H and O–H groups in total. The Hall–Kier alpha value is -2.32. The average Bonchev–Trinajstić information content (AvgIpc) is 3.30. The third kappa shape index (κ3) is 4.01. The molecule has 1 aliphatic heterocycles. The molecule has 1 aliphatic carbocycles. The van der Waals surface area contributed by atoms with Gasteiger partial charge < -0.3 is 9.26 Å². The van der Waals surface area contributed by atoms with Crippen LogP contribution in [0.2, 0.25) is 0 Å². The van der Waals surface area contributed by atoms with E-state index in [0.717, 1.165) is 12.8 Å². The number of carbonyl (C=O) groups excluding carboxylic acids is 1. The molecule has 4 rings (SSSR count). The summed E-state index contributed by atoms with van der Waals surface area (Å²) in [6.45, 7) is 1.60. The lowest BCUT2D eigenvalue weighted by molar-refractivity contribution is -0.146. The molecule has 1 saturated heterocycles. The Morgan fingerprint density at radius 2 is 2.19 bits per heavy atom. The van der Waals surface area contributed by atoms with Crippen molar-refractivity contribution in [2.45, 2.75) is 57.7 Å². The van der Waals surface area contributed by atoms with Crippen molar-refractivity contribution < 1.29 is 18.4 Å². The van der Waals surface area contributed by atoms with Crippen molar-refractivity contribution in [2.24, 2.45) is 5.92 Å². The molecule has 3 atom stereocenters. The SMILES string of the molecule is Cc1ccc(-c2noc(COC(=O)CC3NNC4CCCCC43)n2)cc1F. The molecule has 144 valence electrons. The fourth-order valence-corrected chi connectivity index (χ4v) is 3.89. The van der Waals surface area contributed by atoms with Crippen LogP contribution >= 0.6 is 0 Å². The van der Waals surface area contributed by atoms with E-state index in [-0.39, 0.29) is 36.2 Å². The van der Waals surface area contributed by atoms with Crippen LogP contribution < -0.4 is 10.9 Å². The summed E-state index contributed by atoms with van der Waals surface area (Å²) < 4.78 is 24.1. The molecular formula is C19H23FN4O3. The van der Waals surface area contributed by atoms with E-state index < -0.39 is 0 Å². The van der Waals surface area contributed by atoms with Gasteiger partial charge >= 0.3 is 5.97 Å². The molecule has 27 heavy (non-hydrogen) atoms. The first-order valence-corrected chi connectivity index (χ1v) is 9.36. The number of hydrogen-bond donors (Lipinski definition) is 2. The third-order valence-electron chi connectivity index (χ3n) is 5.43. The third-order valence-corrected chi connectivity index (χ3v) is 5.43. The van der Waals surface area contributed by atoms with Crippen molar-refractivity contribution in [2.75, 3.05) is 0 Å². The lowest BCUT2D eigenvalue weighted by atomic mass is 9.81. The van der Waals surface area contributed by atoms with Gasteiger partial charge in [-0.3, -0.25) is 15.6 Å². The Kier molecular flexibility index (Phi) is 5.18. The normalized spacial score (nSPS) is 24.6. The van der Waals surface area contributed by atoms with E-state index in [1.807, 2.05) is 0 Å². The van der Waals surface area contributed by atoms with Gasteiger partial charge in [0.25, 0.3) is 5.89 Å². The van der Waals surface area contributed by atoms with Gasteiger partial charge in [-0.05, 0) is 37.3 Å². The number of hydrazine groups is 1. The molecule has 3 unspecified atom stereocenters. The van der Waals surface area contributed by atoms with Crippen LogP contribution in [0.5, 0.6) is 0 Å². The van der Waals surface area contributed by atoms with Crippen molar-refractivity contribution in [3.63, 3.8) is 0 Å². The van der Waals surface area contributed by atoms with Crippen LogP contribution in [0.4, 0.5) is 4.39 Å². The number of nitrogens with one attached hydrogen (secondary N) is 2. The largest absolute Gasteiger partial charge is 0.456 e. The Balaban J connectivity index is 1.30. The summed E-state index contributed by atoms with van der Waals surface area (Å²) in [4.78, 5) is 16.3. The molecule has 7 nitrogen and oxygen atoms in total. The zero-order valence-corrected chi connectivity index (χ0v) is 15.2. The van der Waals surface area contributed by atoms with E-state index in [9.17, 15) is 9.18 Å². The molecule has 1 saturated carbocycles. The van der Waals surface area contributed by atoms with Crippen LogP contribution in [-0.4, -0.2) is 28.2 Å². The Morgan fingerprint density at radius 3 is 3.04 bits per heavy atom. The summed E-state index contributed by atoms with van der Waals surface area (Å²) in [6.07, 6.45) is 5.02. The summed E-state index contributed by atoms with van der Waals surface area (Å²) >= 11 is 0.